The standard InChI is InChI=1S/C24H26ClN3O4S/c25-19-9-5-4-8-18(19)10-11-21(29)27-24(33)28-14-13-26-23(31)20(28)16-22(30)32-15-12-17-6-2-1-3-7-17/h1-9,20H,10-16H2,(H,26,31)(H,27,29,33). The largest absolute Gasteiger partial charge is 0.465 e. The normalized spacial score (nSPS) is 15.5. The van der Waals surface area contributed by atoms with E-state index in [1.807, 2.05) is 48.5 Å². The van der Waals surface area contributed by atoms with Crippen molar-refractivity contribution in [3.63, 3.8) is 0 Å². The lowest BCUT2D eigenvalue weighted by Gasteiger charge is -2.36. The lowest BCUT2D eigenvalue weighted by Crippen LogP contribution is -2.60. The molecule has 174 valence electrons. The number of aryl methyl sites for hydroxylation is 1. The monoisotopic (exact) mass is 487 g/mol. The van der Waals surface area contributed by atoms with Crippen LogP contribution in [-0.4, -0.2) is 53.5 Å². The average Bonchev–Trinajstić information content (AvgIpc) is 2.80. The third-order valence-corrected chi connectivity index (χ3v) is 5.98. The second-order valence-electron chi connectivity index (χ2n) is 7.61. The molecule has 0 aliphatic carbocycles. The van der Waals surface area contributed by atoms with Gasteiger partial charge in [-0.2, -0.15) is 0 Å². The second-order valence-corrected chi connectivity index (χ2v) is 8.40. The van der Waals surface area contributed by atoms with Crippen LogP contribution in [0.4, 0.5) is 0 Å². The van der Waals surface area contributed by atoms with Crippen molar-refractivity contribution in [1.29, 1.82) is 0 Å². The number of nitrogens with one attached hydrogen (secondary N) is 2. The van der Waals surface area contributed by atoms with Crippen LogP contribution in [0.25, 0.3) is 0 Å². The van der Waals surface area contributed by atoms with Crippen LogP contribution < -0.4 is 10.6 Å². The van der Waals surface area contributed by atoms with Gasteiger partial charge in [-0.05, 0) is 35.8 Å². The highest BCUT2D eigenvalue weighted by molar-refractivity contribution is 7.80. The molecule has 2 amide bonds. The van der Waals surface area contributed by atoms with E-state index in [0.29, 0.717) is 31.0 Å². The minimum Gasteiger partial charge on any atom is -0.465 e. The molecule has 1 saturated heterocycles. The first-order valence-electron chi connectivity index (χ1n) is 10.7. The van der Waals surface area contributed by atoms with Crippen molar-refractivity contribution in [1.82, 2.24) is 15.5 Å². The molecule has 7 nitrogen and oxygen atoms in total. The molecule has 3 rings (SSSR count). The van der Waals surface area contributed by atoms with E-state index >= 15 is 0 Å². The number of hydrogen-bond donors (Lipinski definition) is 2. The summed E-state index contributed by atoms with van der Waals surface area (Å²) in [6, 6.07) is 16.2. The Bertz CT molecular complexity index is 1000. The van der Waals surface area contributed by atoms with Gasteiger partial charge in [-0.1, -0.05) is 60.1 Å². The van der Waals surface area contributed by atoms with E-state index in [4.69, 9.17) is 28.6 Å². The van der Waals surface area contributed by atoms with E-state index in [2.05, 4.69) is 10.6 Å². The van der Waals surface area contributed by atoms with Gasteiger partial charge in [0.05, 0.1) is 13.0 Å². The predicted octanol–water partition coefficient (Wildman–Crippen LogP) is 2.65. The fourth-order valence-corrected chi connectivity index (χ4v) is 4.07. The van der Waals surface area contributed by atoms with Crippen LogP contribution in [-0.2, 0) is 32.0 Å². The fraction of sp³-hybridized carbons (Fsp3) is 0.333. The van der Waals surface area contributed by atoms with Gasteiger partial charge in [0.15, 0.2) is 5.11 Å². The van der Waals surface area contributed by atoms with Crippen LogP contribution in [0.15, 0.2) is 54.6 Å². The summed E-state index contributed by atoms with van der Waals surface area (Å²) in [7, 11) is 0. The van der Waals surface area contributed by atoms with Crippen LogP contribution in [0.2, 0.25) is 5.02 Å². The first-order chi connectivity index (χ1) is 15.9. The number of ether oxygens (including phenoxy) is 1. The molecule has 0 bridgehead atoms. The molecule has 2 N–H and O–H groups in total. The van der Waals surface area contributed by atoms with Gasteiger partial charge < -0.3 is 20.3 Å². The van der Waals surface area contributed by atoms with Crippen molar-refractivity contribution >= 4 is 46.7 Å². The van der Waals surface area contributed by atoms with E-state index in [9.17, 15) is 14.4 Å². The Labute approximate surface area is 203 Å². The van der Waals surface area contributed by atoms with Gasteiger partial charge in [0.2, 0.25) is 11.8 Å². The highest BCUT2D eigenvalue weighted by Gasteiger charge is 2.34. The van der Waals surface area contributed by atoms with E-state index in [1.54, 1.807) is 11.0 Å². The van der Waals surface area contributed by atoms with Gasteiger partial charge in [0.1, 0.15) is 6.04 Å². The van der Waals surface area contributed by atoms with E-state index in [0.717, 1.165) is 11.1 Å². The summed E-state index contributed by atoms with van der Waals surface area (Å²) in [6.07, 6.45) is 1.09. The number of carbonyl (C=O) groups is 3. The van der Waals surface area contributed by atoms with Gasteiger partial charge in [-0.25, -0.2) is 0 Å². The zero-order chi connectivity index (χ0) is 23.6. The molecule has 0 radical (unpaired) electrons. The minimum atomic E-state index is -0.834. The average molecular weight is 488 g/mol. The molecular weight excluding hydrogens is 462 g/mol. The molecule has 2 aromatic rings. The number of rotatable bonds is 8. The van der Waals surface area contributed by atoms with Gasteiger partial charge in [-0.15, -0.1) is 0 Å². The number of benzene rings is 2. The van der Waals surface area contributed by atoms with Crippen LogP contribution in [0.1, 0.15) is 24.0 Å². The summed E-state index contributed by atoms with van der Waals surface area (Å²) < 4.78 is 5.32. The van der Waals surface area contributed by atoms with Crippen LogP contribution in [0.5, 0.6) is 0 Å². The molecule has 2 aromatic carbocycles. The Morgan fingerprint density at radius 1 is 1.12 bits per heavy atom. The molecule has 0 saturated carbocycles. The van der Waals surface area contributed by atoms with Crippen molar-refractivity contribution in [2.45, 2.75) is 31.7 Å². The van der Waals surface area contributed by atoms with Gasteiger partial charge in [0.25, 0.3) is 0 Å². The van der Waals surface area contributed by atoms with Crippen molar-refractivity contribution in [3.8, 4) is 0 Å². The van der Waals surface area contributed by atoms with Crippen LogP contribution in [0, 0.1) is 0 Å². The summed E-state index contributed by atoms with van der Waals surface area (Å²) in [4.78, 5) is 38.8. The molecular formula is C24H26ClN3O4S. The first-order valence-corrected chi connectivity index (χ1v) is 11.5. The number of hydrogen-bond acceptors (Lipinski definition) is 5. The Morgan fingerprint density at radius 2 is 1.85 bits per heavy atom. The maximum absolute atomic E-state index is 12.4. The third kappa shape index (κ3) is 7.54. The molecule has 1 heterocycles. The Hall–Kier alpha value is -2.97. The maximum atomic E-state index is 12.4. The summed E-state index contributed by atoms with van der Waals surface area (Å²) in [5.74, 6) is -1.10. The Balaban J connectivity index is 1.50. The summed E-state index contributed by atoms with van der Waals surface area (Å²) in [6.45, 7) is 0.978. The number of amides is 2. The maximum Gasteiger partial charge on any atom is 0.308 e. The highest BCUT2D eigenvalue weighted by atomic mass is 35.5. The fourth-order valence-electron chi connectivity index (χ4n) is 3.51. The Morgan fingerprint density at radius 3 is 2.61 bits per heavy atom. The van der Waals surface area contributed by atoms with Crippen molar-refractivity contribution in [3.05, 3.63) is 70.7 Å². The number of carbonyl (C=O) groups excluding carboxylic acids is 3. The quantitative estimate of drug-likeness (QED) is 0.439. The Kier molecular flexibility index (Phi) is 9.21. The molecule has 0 aromatic heterocycles. The summed E-state index contributed by atoms with van der Waals surface area (Å²) in [5, 5.41) is 6.13. The van der Waals surface area contributed by atoms with E-state index < -0.39 is 12.0 Å². The minimum absolute atomic E-state index is 0.121. The number of nitrogens with zero attached hydrogens (tertiary/aromatic N) is 1. The zero-order valence-electron chi connectivity index (χ0n) is 18.1. The lowest BCUT2D eigenvalue weighted by atomic mass is 10.1. The lowest BCUT2D eigenvalue weighted by molar-refractivity contribution is -0.147. The second kappa shape index (κ2) is 12.3. The SMILES string of the molecule is O=C(CCc1ccccc1Cl)NC(=S)N1CCNC(=O)C1CC(=O)OCCc1ccccc1. The first kappa shape index (κ1) is 24.7. The van der Waals surface area contributed by atoms with E-state index in [1.165, 1.54) is 0 Å². The molecule has 9 heteroatoms. The third-order valence-electron chi connectivity index (χ3n) is 5.27. The summed E-state index contributed by atoms with van der Waals surface area (Å²) >= 11 is 11.5. The number of piperazine rings is 1. The molecule has 1 aliphatic heterocycles. The predicted molar refractivity (Wildman–Crippen MR) is 130 cm³/mol. The number of halogens is 1. The molecule has 33 heavy (non-hydrogen) atoms. The molecule has 0 spiro atoms. The van der Waals surface area contributed by atoms with Gasteiger partial charge in [-0.3, -0.25) is 14.4 Å². The van der Waals surface area contributed by atoms with Gasteiger partial charge >= 0.3 is 5.97 Å². The van der Waals surface area contributed by atoms with Gasteiger partial charge in [0, 0.05) is 31.0 Å². The zero-order valence-corrected chi connectivity index (χ0v) is 19.7. The number of thiocarbonyl (C=S) groups is 1. The summed E-state index contributed by atoms with van der Waals surface area (Å²) in [5.41, 5.74) is 1.93. The molecule has 1 atom stereocenters. The van der Waals surface area contributed by atoms with E-state index in [-0.39, 0.29) is 36.4 Å². The van der Waals surface area contributed by atoms with Crippen molar-refractivity contribution < 1.29 is 19.1 Å². The number of esters is 1. The molecule has 1 fully saturated rings. The molecule has 1 aliphatic rings. The molecule has 1 unspecified atom stereocenters. The van der Waals surface area contributed by atoms with Crippen LogP contribution >= 0.6 is 23.8 Å². The highest BCUT2D eigenvalue weighted by Crippen LogP contribution is 2.16. The topological polar surface area (TPSA) is 87.7 Å². The smallest absolute Gasteiger partial charge is 0.308 e. The van der Waals surface area contributed by atoms with Crippen molar-refractivity contribution in [2.24, 2.45) is 0 Å². The van der Waals surface area contributed by atoms with Crippen LogP contribution in [0.3, 0.4) is 0 Å². The van der Waals surface area contributed by atoms with Crippen molar-refractivity contribution in [2.75, 3.05) is 19.7 Å².